The van der Waals surface area contributed by atoms with E-state index >= 15 is 0 Å². The van der Waals surface area contributed by atoms with Crippen molar-refractivity contribution in [2.24, 2.45) is 0 Å². The van der Waals surface area contributed by atoms with E-state index in [2.05, 4.69) is 13.8 Å². The summed E-state index contributed by atoms with van der Waals surface area (Å²) in [7, 11) is -3.92. The van der Waals surface area contributed by atoms with Gasteiger partial charge in [-0.25, -0.2) is 8.42 Å². The minimum absolute atomic E-state index is 0.604. The highest BCUT2D eigenvalue weighted by Gasteiger charge is 2.24. The van der Waals surface area contributed by atoms with Gasteiger partial charge in [0, 0.05) is 6.26 Å². The van der Waals surface area contributed by atoms with Crippen LogP contribution in [0.25, 0.3) is 0 Å². The predicted octanol–water partition coefficient (Wildman–Crippen LogP) is 3.92. The fourth-order valence-electron chi connectivity index (χ4n) is 3.84. The monoisotopic (exact) mass is 377 g/mol. The number of rotatable bonds is 12. The molecule has 0 bridgehead atoms. The van der Waals surface area contributed by atoms with Crippen LogP contribution in [-0.4, -0.2) is 38.4 Å². The second kappa shape index (κ2) is 16.1. The Kier molecular flexibility index (Phi) is 16.0. The minimum Gasteiger partial charge on any atom is -0.748 e. The van der Waals surface area contributed by atoms with Crippen LogP contribution in [0.15, 0.2) is 0 Å². The Morgan fingerprint density at radius 2 is 1.40 bits per heavy atom. The summed E-state index contributed by atoms with van der Waals surface area (Å²) in [5.41, 5.74) is 0. The minimum atomic E-state index is -3.92. The van der Waals surface area contributed by atoms with E-state index < -0.39 is 10.1 Å². The summed E-state index contributed by atoms with van der Waals surface area (Å²) < 4.78 is 27.2. The van der Waals surface area contributed by atoms with Crippen molar-refractivity contribution in [2.75, 3.05) is 19.3 Å². The summed E-state index contributed by atoms with van der Waals surface area (Å²) in [5, 5.41) is 0. The van der Waals surface area contributed by atoms with Gasteiger partial charge >= 0.3 is 0 Å². The lowest BCUT2D eigenvalue weighted by molar-refractivity contribution is -0.931. The first-order chi connectivity index (χ1) is 11.9. The largest absolute Gasteiger partial charge is 0.748 e. The summed E-state index contributed by atoms with van der Waals surface area (Å²) in [5.74, 6) is 0. The summed E-state index contributed by atoms with van der Waals surface area (Å²) in [4.78, 5) is 1.95. The number of nitrogens with one attached hydrogen (secondary N) is 1. The molecule has 0 radical (unpaired) electrons. The zero-order chi connectivity index (χ0) is 19.0. The molecule has 1 N–H and O–H groups in total. The van der Waals surface area contributed by atoms with E-state index in [1.807, 2.05) is 4.90 Å². The molecule has 0 aromatic heterocycles. The lowest BCUT2D eigenvalue weighted by atomic mass is 9.97. The molecule has 0 aromatic carbocycles. The van der Waals surface area contributed by atoms with Crippen molar-refractivity contribution in [3.05, 3.63) is 0 Å². The number of piperidine rings is 1. The first kappa shape index (κ1) is 24.9. The van der Waals surface area contributed by atoms with Gasteiger partial charge in [0.05, 0.1) is 29.2 Å². The highest BCUT2D eigenvalue weighted by atomic mass is 32.2. The lowest BCUT2D eigenvalue weighted by Gasteiger charge is -2.32. The molecule has 1 rings (SSSR count). The van der Waals surface area contributed by atoms with Gasteiger partial charge in [0.1, 0.15) is 0 Å². The van der Waals surface area contributed by atoms with Crippen LogP contribution >= 0.6 is 0 Å². The number of hydrogen-bond acceptors (Lipinski definition) is 3. The molecule has 1 fully saturated rings. The van der Waals surface area contributed by atoms with Crippen LogP contribution in [0.2, 0.25) is 0 Å². The average molecular weight is 378 g/mol. The summed E-state index contributed by atoms with van der Waals surface area (Å²) >= 11 is 0. The summed E-state index contributed by atoms with van der Waals surface area (Å²) in [6.45, 7) is 7.57. The lowest BCUT2D eigenvalue weighted by Crippen LogP contribution is -3.16. The molecule has 1 heterocycles. The molecule has 1 aliphatic heterocycles. The number of likely N-dealkylation sites (tertiary alicyclic amines) is 1. The number of hydrogen-bond donors (Lipinski definition) is 1. The van der Waals surface area contributed by atoms with E-state index in [1.54, 1.807) is 0 Å². The summed E-state index contributed by atoms with van der Waals surface area (Å²) in [6, 6.07) is 1.00. The predicted molar refractivity (Wildman–Crippen MR) is 106 cm³/mol. The van der Waals surface area contributed by atoms with Crippen molar-refractivity contribution < 1.29 is 17.9 Å². The third-order valence-electron chi connectivity index (χ3n) is 5.12. The van der Waals surface area contributed by atoms with Gasteiger partial charge in [-0.05, 0) is 38.5 Å². The first-order valence-electron chi connectivity index (χ1n) is 10.6. The molecule has 0 spiro atoms. The second-order valence-electron chi connectivity index (χ2n) is 7.67. The maximum absolute atomic E-state index is 9.08. The Morgan fingerprint density at radius 3 is 1.92 bits per heavy atom. The van der Waals surface area contributed by atoms with Gasteiger partial charge in [-0.15, -0.1) is 0 Å². The Labute approximate surface area is 157 Å². The van der Waals surface area contributed by atoms with Crippen molar-refractivity contribution in [1.29, 1.82) is 0 Å². The van der Waals surface area contributed by atoms with Crippen LogP contribution in [0.4, 0.5) is 0 Å². The maximum atomic E-state index is 9.08. The van der Waals surface area contributed by atoms with Gasteiger partial charge in [-0.2, -0.15) is 0 Å². The quantitative estimate of drug-likeness (QED) is 0.414. The molecule has 152 valence electrons. The molecule has 2 atom stereocenters. The standard InChI is InChI=1S/C19H39N.CH4O3S/c1-3-5-6-7-8-9-10-11-13-17-20-18-14-12-16-19(20)15-4-2;1-5(2,3)4/h19H,3-18H2,1-2H3;1H3,(H,2,3,4). The van der Waals surface area contributed by atoms with Crippen LogP contribution in [0.3, 0.4) is 0 Å². The SMILES string of the molecule is CCCCCCCCCCC[NH+]1CCCCC1CCC.CS(=O)(=O)[O-]. The molecule has 25 heavy (non-hydrogen) atoms. The van der Waals surface area contributed by atoms with Crippen LogP contribution in [-0.2, 0) is 10.1 Å². The molecule has 4 nitrogen and oxygen atoms in total. The normalized spacial score (nSPS) is 20.8. The third-order valence-corrected chi connectivity index (χ3v) is 5.12. The van der Waals surface area contributed by atoms with Crippen molar-refractivity contribution in [2.45, 2.75) is 110 Å². The van der Waals surface area contributed by atoms with Crippen molar-refractivity contribution in [3.63, 3.8) is 0 Å². The van der Waals surface area contributed by atoms with Crippen LogP contribution in [0.5, 0.6) is 0 Å². The molecular weight excluding hydrogens is 334 g/mol. The van der Waals surface area contributed by atoms with Crippen molar-refractivity contribution >= 4 is 10.1 Å². The van der Waals surface area contributed by atoms with Crippen LogP contribution in [0.1, 0.15) is 104 Å². The fourth-order valence-corrected chi connectivity index (χ4v) is 3.84. The molecule has 1 saturated heterocycles. The maximum Gasteiger partial charge on any atom is 0.0916 e. The zero-order valence-electron chi connectivity index (χ0n) is 17.0. The highest BCUT2D eigenvalue weighted by molar-refractivity contribution is 7.84. The molecule has 0 saturated carbocycles. The average Bonchev–Trinajstić information content (AvgIpc) is 2.53. The van der Waals surface area contributed by atoms with E-state index in [0.717, 1.165) is 6.04 Å². The Hall–Kier alpha value is -0.130. The number of quaternary nitrogens is 1. The topological polar surface area (TPSA) is 61.6 Å². The van der Waals surface area contributed by atoms with Gasteiger partial charge in [0.25, 0.3) is 0 Å². The van der Waals surface area contributed by atoms with Crippen molar-refractivity contribution in [1.82, 2.24) is 0 Å². The first-order valence-corrected chi connectivity index (χ1v) is 12.5. The molecule has 0 aliphatic carbocycles. The number of unbranched alkanes of at least 4 members (excludes halogenated alkanes) is 8. The Balaban J connectivity index is 0.00000101. The highest BCUT2D eigenvalue weighted by Crippen LogP contribution is 2.10. The van der Waals surface area contributed by atoms with Gasteiger partial charge in [-0.3, -0.25) is 0 Å². The molecule has 1 aliphatic rings. The third kappa shape index (κ3) is 18.5. The van der Waals surface area contributed by atoms with Gasteiger partial charge in [-0.1, -0.05) is 65.2 Å². The molecular formula is C20H43NO3S. The zero-order valence-corrected chi connectivity index (χ0v) is 17.8. The van der Waals surface area contributed by atoms with E-state index in [-0.39, 0.29) is 0 Å². The smallest absolute Gasteiger partial charge is 0.0916 e. The van der Waals surface area contributed by atoms with E-state index in [4.69, 9.17) is 13.0 Å². The van der Waals surface area contributed by atoms with Crippen LogP contribution in [0, 0.1) is 0 Å². The van der Waals surface area contributed by atoms with Crippen LogP contribution < -0.4 is 4.90 Å². The fraction of sp³-hybridized carbons (Fsp3) is 1.00. The summed E-state index contributed by atoms with van der Waals surface area (Å²) in [6.07, 6.45) is 21.1. The van der Waals surface area contributed by atoms with Gasteiger partial charge in [0.2, 0.25) is 0 Å². The van der Waals surface area contributed by atoms with Gasteiger partial charge < -0.3 is 9.45 Å². The van der Waals surface area contributed by atoms with E-state index in [0.29, 0.717) is 6.26 Å². The van der Waals surface area contributed by atoms with Gasteiger partial charge in [0.15, 0.2) is 0 Å². The Bertz CT molecular complexity index is 374. The van der Waals surface area contributed by atoms with Crippen molar-refractivity contribution in [3.8, 4) is 0 Å². The van der Waals surface area contributed by atoms with E-state index in [9.17, 15) is 0 Å². The molecule has 5 heteroatoms. The second-order valence-corrected chi connectivity index (χ2v) is 9.08. The molecule has 2 unspecified atom stereocenters. The Morgan fingerprint density at radius 1 is 0.880 bits per heavy atom. The molecule has 0 aromatic rings. The molecule has 0 amide bonds. The van der Waals surface area contributed by atoms with E-state index in [1.165, 1.54) is 103 Å².